The van der Waals surface area contributed by atoms with Crippen LogP contribution in [0.15, 0.2) is 24.5 Å². The maximum atomic E-state index is 4.00. The van der Waals surface area contributed by atoms with Crippen LogP contribution in [-0.4, -0.2) is 11.5 Å². The van der Waals surface area contributed by atoms with Gasteiger partial charge in [-0.15, -0.1) is 0 Å². The third-order valence-corrected chi connectivity index (χ3v) is 3.08. The molecule has 2 nitrogen and oxygen atoms in total. The third kappa shape index (κ3) is 2.47. The van der Waals surface area contributed by atoms with Crippen molar-refractivity contribution in [2.24, 2.45) is 11.8 Å². The van der Waals surface area contributed by atoms with Gasteiger partial charge in [0.25, 0.3) is 0 Å². The van der Waals surface area contributed by atoms with Crippen LogP contribution in [0.1, 0.15) is 26.2 Å². The van der Waals surface area contributed by atoms with Gasteiger partial charge in [-0.1, -0.05) is 13.3 Å². The zero-order valence-corrected chi connectivity index (χ0v) is 8.74. The molecular formula is C12H18N2. The number of rotatable bonds is 3. The molecule has 0 aliphatic heterocycles. The van der Waals surface area contributed by atoms with Crippen LogP contribution >= 0.6 is 0 Å². The Balaban J connectivity index is 1.78. The zero-order valence-electron chi connectivity index (χ0n) is 8.74. The molecule has 0 amide bonds. The van der Waals surface area contributed by atoms with Crippen molar-refractivity contribution in [1.82, 2.24) is 4.98 Å². The number of hydrogen-bond donors (Lipinski definition) is 1. The average molecular weight is 190 g/mol. The molecule has 1 fully saturated rings. The van der Waals surface area contributed by atoms with Crippen LogP contribution in [0.25, 0.3) is 0 Å². The van der Waals surface area contributed by atoms with Crippen LogP contribution < -0.4 is 5.32 Å². The van der Waals surface area contributed by atoms with E-state index >= 15 is 0 Å². The standard InChI is InChI=1S/C12H18N2/c1-10-2-3-11(8-10)9-14-12-4-6-13-7-5-12/h4-7,10-11H,2-3,8-9H2,1H3,(H,13,14). The van der Waals surface area contributed by atoms with Gasteiger partial charge >= 0.3 is 0 Å². The van der Waals surface area contributed by atoms with Crippen LogP contribution in [0, 0.1) is 11.8 Å². The largest absolute Gasteiger partial charge is 0.385 e. The van der Waals surface area contributed by atoms with Gasteiger partial charge in [0.05, 0.1) is 0 Å². The topological polar surface area (TPSA) is 24.9 Å². The number of nitrogens with zero attached hydrogens (tertiary/aromatic N) is 1. The van der Waals surface area contributed by atoms with Crippen LogP contribution in [0.4, 0.5) is 5.69 Å². The average Bonchev–Trinajstić information content (AvgIpc) is 2.63. The summed E-state index contributed by atoms with van der Waals surface area (Å²) in [5.74, 6) is 1.80. The second kappa shape index (κ2) is 4.45. The highest BCUT2D eigenvalue weighted by Gasteiger charge is 2.20. The van der Waals surface area contributed by atoms with E-state index in [2.05, 4.69) is 17.2 Å². The van der Waals surface area contributed by atoms with Crippen LogP contribution in [0.3, 0.4) is 0 Å². The van der Waals surface area contributed by atoms with Crippen LogP contribution in [0.2, 0.25) is 0 Å². The molecule has 1 aromatic heterocycles. The maximum absolute atomic E-state index is 4.00. The molecular weight excluding hydrogens is 172 g/mol. The van der Waals surface area contributed by atoms with Crippen molar-refractivity contribution in [1.29, 1.82) is 0 Å². The van der Waals surface area contributed by atoms with Crippen LogP contribution in [0.5, 0.6) is 0 Å². The molecule has 2 rings (SSSR count). The molecule has 0 radical (unpaired) electrons. The predicted molar refractivity (Wildman–Crippen MR) is 59.2 cm³/mol. The molecule has 1 aliphatic carbocycles. The van der Waals surface area contributed by atoms with Crippen molar-refractivity contribution in [2.45, 2.75) is 26.2 Å². The van der Waals surface area contributed by atoms with E-state index < -0.39 is 0 Å². The van der Waals surface area contributed by atoms with E-state index in [9.17, 15) is 0 Å². The highest BCUT2D eigenvalue weighted by Crippen LogP contribution is 2.30. The summed E-state index contributed by atoms with van der Waals surface area (Å²) in [6.07, 6.45) is 7.85. The fourth-order valence-electron chi connectivity index (χ4n) is 2.24. The third-order valence-electron chi connectivity index (χ3n) is 3.08. The molecule has 1 heterocycles. The van der Waals surface area contributed by atoms with E-state index in [1.807, 2.05) is 24.5 Å². The highest BCUT2D eigenvalue weighted by atomic mass is 14.9. The number of pyridine rings is 1. The second-order valence-corrected chi connectivity index (χ2v) is 4.40. The van der Waals surface area contributed by atoms with Gasteiger partial charge in [-0.2, -0.15) is 0 Å². The van der Waals surface area contributed by atoms with Crippen molar-refractivity contribution in [2.75, 3.05) is 11.9 Å². The predicted octanol–water partition coefficient (Wildman–Crippen LogP) is 2.93. The molecule has 0 aromatic carbocycles. The van der Waals surface area contributed by atoms with Gasteiger partial charge in [-0.25, -0.2) is 0 Å². The zero-order chi connectivity index (χ0) is 9.80. The molecule has 0 bridgehead atoms. The summed E-state index contributed by atoms with van der Waals surface area (Å²) in [6.45, 7) is 3.47. The van der Waals surface area contributed by atoms with Gasteiger partial charge < -0.3 is 5.32 Å². The van der Waals surface area contributed by atoms with Crippen molar-refractivity contribution in [3.05, 3.63) is 24.5 Å². The van der Waals surface area contributed by atoms with E-state index in [4.69, 9.17) is 0 Å². The van der Waals surface area contributed by atoms with Crippen molar-refractivity contribution < 1.29 is 0 Å². The Morgan fingerprint density at radius 2 is 2.14 bits per heavy atom. The van der Waals surface area contributed by atoms with Crippen molar-refractivity contribution >= 4 is 5.69 Å². The molecule has 1 N–H and O–H groups in total. The summed E-state index contributed by atoms with van der Waals surface area (Å²) in [5, 5.41) is 3.47. The molecule has 1 aliphatic rings. The summed E-state index contributed by atoms with van der Waals surface area (Å²) >= 11 is 0. The van der Waals surface area contributed by atoms with E-state index in [0.717, 1.165) is 18.4 Å². The van der Waals surface area contributed by atoms with Gasteiger partial charge in [0, 0.05) is 24.6 Å². The molecule has 1 saturated carbocycles. The number of aromatic nitrogens is 1. The molecule has 1 aromatic rings. The van der Waals surface area contributed by atoms with Gasteiger partial charge in [0.2, 0.25) is 0 Å². The molecule has 14 heavy (non-hydrogen) atoms. The van der Waals surface area contributed by atoms with Crippen LogP contribution in [-0.2, 0) is 0 Å². The van der Waals surface area contributed by atoms with Crippen molar-refractivity contribution in [3.63, 3.8) is 0 Å². The van der Waals surface area contributed by atoms with Crippen molar-refractivity contribution in [3.8, 4) is 0 Å². The summed E-state index contributed by atoms with van der Waals surface area (Å²) in [5.41, 5.74) is 1.19. The first kappa shape index (κ1) is 9.50. The molecule has 2 heteroatoms. The Morgan fingerprint density at radius 3 is 2.79 bits per heavy atom. The minimum Gasteiger partial charge on any atom is -0.385 e. The Kier molecular flexibility index (Phi) is 3.02. The first-order chi connectivity index (χ1) is 6.84. The fraction of sp³-hybridized carbons (Fsp3) is 0.583. The van der Waals surface area contributed by atoms with E-state index in [1.165, 1.54) is 24.9 Å². The monoisotopic (exact) mass is 190 g/mol. The van der Waals surface area contributed by atoms with Gasteiger partial charge in [-0.3, -0.25) is 4.98 Å². The Bertz CT molecular complexity index is 271. The van der Waals surface area contributed by atoms with Gasteiger partial charge in [0.1, 0.15) is 0 Å². The molecule has 2 unspecified atom stereocenters. The minimum atomic E-state index is 0.873. The lowest BCUT2D eigenvalue weighted by Crippen LogP contribution is -2.11. The lowest BCUT2D eigenvalue weighted by atomic mass is 10.1. The quantitative estimate of drug-likeness (QED) is 0.792. The summed E-state index contributed by atoms with van der Waals surface area (Å²) < 4.78 is 0. The summed E-state index contributed by atoms with van der Waals surface area (Å²) in [4.78, 5) is 4.00. The first-order valence-corrected chi connectivity index (χ1v) is 5.48. The molecule has 2 atom stereocenters. The Labute approximate surface area is 85.7 Å². The normalized spacial score (nSPS) is 26.4. The lowest BCUT2D eigenvalue weighted by Gasteiger charge is -2.11. The Morgan fingerprint density at radius 1 is 1.36 bits per heavy atom. The molecule has 0 spiro atoms. The van der Waals surface area contributed by atoms with Gasteiger partial charge in [-0.05, 0) is 36.8 Å². The highest BCUT2D eigenvalue weighted by molar-refractivity contribution is 5.40. The minimum absolute atomic E-state index is 0.873. The SMILES string of the molecule is CC1CCC(CNc2ccncc2)C1. The first-order valence-electron chi connectivity index (χ1n) is 5.48. The number of nitrogens with one attached hydrogen (secondary N) is 1. The molecule has 76 valence electrons. The Hall–Kier alpha value is -1.05. The maximum Gasteiger partial charge on any atom is 0.0371 e. The fourth-order valence-corrected chi connectivity index (χ4v) is 2.24. The smallest absolute Gasteiger partial charge is 0.0371 e. The summed E-state index contributed by atoms with van der Waals surface area (Å²) in [7, 11) is 0. The number of anilines is 1. The van der Waals surface area contributed by atoms with E-state index in [-0.39, 0.29) is 0 Å². The molecule has 0 saturated heterocycles. The lowest BCUT2D eigenvalue weighted by molar-refractivity contribution is 0.537. The van der Waals surface area contributed by atoms with Gasteiger partial charge in [0.15, 0.2) is 0 Å². The summed E-state index contributed by atoms with van der Waals surface area (Å²) in [6, 6.07) is 4.05. The number of hydrogen-bond acceptors (Lipinski definition) is 2. The second-order valence-electron chi connectivity index (χ2n) is 4.40. The van der Waals surface area contributed by atoms with E-state index in [1.54, 1.807) is 0 Å². The van der Waals surface area contributed by atoms with E-state index in [0.29, 0.717) is 0 Å².